The first-order valence-electron chi connectivity index (χ1n) is 8.31. The van der Waals surface area contributed by atoms with Gasteiger partial charge in [0, 0.05) is 24.2 Å². The molecular formula is C16H24ClN3O4S. The van der Waals surface area contributed by atoms with E-state index in [9.17, 15) is 13.2 Å². The van der Waals surface area contributed by atoms with E-state index < -0.39 is 10.0 Å². The maximum Gasteiger partial charge on any atom is 0.315 e. The van der Waals surface area contributed by atoms with E-state index >= 15 is 0 Å². The fourth-order valence-corrected chi connectivity index (χ4v) is 3.82. The largest absolute Gasteiger partial charge is 0.492 e. The molecule has 0 bridgehead atoms. The Morgan fingerprint density at radius 2 is 1.92 bits per heavy atom. The summed E-state index contributed by atoms with van der Waals surface area (Å²) in [6.07, 6.45) is 1.24. The number of hydrogen-bond acceptors (Lipinski definition) is 4. The molecule has 1 aromatic rings. The Morgan fingerprint density at radius 1 is 1.28 bits per heavy atom. The molecule has 25 heavy (non-hydrogen) atoms. The van der Waals surface area contributed by atoms with E-state index in [0.29, 0.717) is 49.9 Å². The number of piperidine rings is 1. The highest BCUT2D eigenvalue weighted by Crippen LogP contribution is 2.15. The Bertz CT molecular complexity index is 658. The molecule has 1 saturated heterocycles. The predicted molar refractivity (Wildman–Crippen MR) is 97.5 cm³/mol. The molecule has 0 spiro atoms. The number of nitrogens with zero attached hydrogens (tertiary/aromatic N) is 1. The molecule has 9 heteroatoms. The first kappa shape index (κ1) is 19.8. The smallest absolute Gasteiger partial charge is 0.315 e. The van der Waals surface area contributed by atoms with Crippen LogP contribution in [0.5, 0.6) is 5.75 Å². The third-order valence-corrected chi connectivity index (χ3v) is 6.15. The van der Waals surface area contributed by atoms with E-state index in [1.807, 2.05) is 0 Å². The van der Waals surface area contributed by atoms with Crippen LogP contribution in [-0.4, -0.2) is 56.8 Å². The third-order valence-electron chi connectivity index (χ3n) is 4.02. The van der Waals surface area contributed by atoms with Crippen molar-refractivity contribution in [1.29, 1.82) is 0 Å². The molecule has 0 aliphatic carbocycles. The summed E-state index contributed by atoms with van der Waals surface area (Å²) in [5.41, 5.74) is 0. The quantitative estimate of drug-likeness (QED) is 0.696. The zero-order valence-electron chi connectivity index (χ0n) is 14.2. The van der Waals surface area contributed by atoms with Crippen molar-refractivity contribution in [2.45, 2.75) is 25.8 Å². The van der Waals surface area contributed by atoms with Gasteiger partial charge in [-0.25, -0.2) is 17.5 Å². The van der Waals surface area contributed by atoms with Crippen molar-refractivity contribution in [3.8, 4) is 5.75 Å². The SMILES string of the molecule is CCS(=O)(=O)N1CCC(NC(=O)NCCOc2ccc(Cl)cc2)CC1. The molecule has 1 aliphatic rings. The molecular weight excluding hydrogens is 366 g/mol. The second-order valence-corrected chi connectivity index (χ2v) is 8.47. The van der Waals surface area contributed by atoms with Gasteiger partial charge < -0.3 is 15.4 Å². The zero-order chi connectivity index (χ0) is 18.3. The highest BCUT2D eigenvalue weighted by Gasteiger charge is 2.27. The van der Waals surface area contributed by atoms with Gasteiger partial charge in [-0.3, -0.25) is 0 Å². The monoisotopic (exact) mass is 389 g/mol. The number of nitrogens with one attached hydrogen (secondary N) is 2. The van der Waals surface area contributed by atoms with Gasteiger partial charge in [0.15, 0.2) is 0 Å². The van der Waals surface area contributed by atoms with Gasteiger partial charge in [-0.15, -0.1) is 0 Å². The van der Waals surface area contributed by atoms with Gasteiger partial charge in [0.1, 0.15) is 12.4 Å². The normalized spacial score (nSPS) is 16.4. The number of hydrogen-bond donors (Lipinski definition) is 2. The van der Waals surface area contributed by atoms with E-state index in [0.717, 1.165) is 0 Å². The molecule has 7 nitrogen and oxygen atoms in total. The predicted octanol–water partition coefficient (Wildman–Crippen LogP) is 1.83. The molecule has 0 saturated carbocycles. The zero-order valence-corrected chi connectivity index (χ0v) is 15.8. The van der Waals surface area contributed by atoms with Crippen molar-refractivity contribution < 1.29 is 17.9 Å². The van der Waals surface area contributed by atoms with Crippen molar-refractivity contribution >= 4 is 27.7 Å². The lowest BCUT2D eigenvalue weighted by Crippen LogP contribution is -2.49. The number of ether oxygens (including phenoxy) is 1. The standard InChI is InChI=1S/C16H24ClN3O4S/c1-2-25(22,23)20-10-7-14(8-11-20)19-16(21)18-9-12-24-15-5-3-13(17)4-6-15/h3-6,14H,2,7-12H2,1H3,(H2,18,19,21). The number of benzene rings is 1. The fourth-order valence-electron chi connectivity index (χ4n) is 2.56. The molecule has 0 radical (unpaired) electrons. The summed E-state index contributed by atoms with van der Waals surface area (Å²) in [5, 5.41) is 6.24. The van der Waals surface area contributed by atoms with E-state index in [1.165, 1.54) is 4.31 Å². The summed E-state index contributed by atoms with van der Waals surface area (Å²) in [6, 6.07) is 6.72. The van der Waals surface area contributed by atoms with Crippen molar-refractivity contribution in [3.05, 3.63) is 29.3 Å². The summed E-state index contributed by atoms with van der Waals surface area (Å²) in [5.74, 6) is 0.801. The van der Waals surface area contributed by atoms with Gasteiger partial charge in [-0.05, 0) is 44.0 Å². The second kappa shape index (κ2) is 9.26. The highest BCUT2D eigenvalue weighted by molar-refractivity contribution is 7.89. The van der Waals surface area contributed by atoms with Gasteiger partial charge in [0.05, 0.1) is 12.3 Å². The van der Waals surface area contributed by atoms with Crippen LogP contribution in [-0.2, 0) is 10.0 Å². The molecule has 1 aromatic carbocycles. The van der Waals surface area contributed by atoms with E-state index in [4.69, 9.17) is 16.3 Å². The second-order valence-electron chi connectivity index (χ2n) is 5.78. The molecule has 0 atom stereocenters. The minimum Gasteiger partial charge on any atom is -0.492 e. The van der Waals surface area contributed by atoms with E-state index in [-0.39, 0.29) is 17.8 Å². The Kier molecular flexibility index (Phi) is 7.34. The molecule has 1 aliphatic heterocycles. The molecule has 0 unspecified atom stereocenters. The third kappa shape index (κ3) is 6.37. The lowest BCUT2D eigenvalue weighted by Gasteiger charge is -2.31. The molecule has 1 heterocycles. The first-order valence-corrected chi connectivity index (χ1v) is 10.3. The summed E-state index contributed by atoms with van der Waals surface area (Å²) < 4.78 is 30.6. The first-order chi connectivity index (χ1) is 11.9. The minimum absolute atomic E-state index is 0.0134. The van der Waals surface area contributed by atoms with Gasteiger partial charge in [-0.2, -0.15) is 0 Å². The molecule has 140 valence electrons. The van der Waals surface area contributed by atoms with Crippen molar-refractivity contribution in [3.63, 3.8) is 0 Å². The molecule has 2 amide bonds. The van der Waals surface area contributed by atoms with Crippen LogP contribution in [0.15, 0.2) is 24.3 Å². The number of halogens is 1. The van der Waals surface area contributed by atoms with Crippen LogP contribution in [0.1, 0.15) is 19.8 Å². The van der Waals surface area contributed by atoms with Crippen LogP contribution >= 0.6 is 11.6 Å². The minimum atomic E-state index is -3.14. The summed E-state index contributed by atoms with van der Waals surface area (Å²) in [4.78, 5) is 11.9. The van der Waals surface area contributed by atoms with Crippen molar-refractivity contribution in [1.82, 2.24) is 14.9 Å². The van der Waals surface area contributed by atoms with Crippen LogP contribution in [0.3, 0.4) is 0 Å². The number of sulfonamides is 1. The average molecular weight is 390 g/mol. The summed E-state index contributed by atoms with van der Waals surface area (Å²) in [6.45, 7) is 3.25. The molecule has 2 rings (SSSR count). The molecule has 0 aromatic heterocycles. The number of urea groups is 1. The number of amides is 2. The number of carbonyl (C=O) groups excluding carboxylic acids is 1. The van der Waals surface area contributed by atoms with Crippen LogP contribution in [0, 0.1) is 0 Å². The van der Waals surface area contributed by atoms with Crippen molar-refractivity contribution in [2.75, 3.05) is 32.0 Å². The lowest BCUT2D eigenvalue weighted by molar-refractivity contribution is 0.224. The lowest BCUT2D eigenvalue weighted by atomic mass is 10.1. The highest BCUT2D eigenvalue weighted by atomic mass is 35.5. The van der Waals surface area contributed by atoms with Crippen LogP contribution in [0.25, 0.3) is 0 Å². The van der Waals surface area contributed by atoms with Crippen LogP contribution < -0.4 is 15.4 Å². The van der Waals surface area contributed by atoms with Crippen molar-refractivity contribution in [2.24, 2.45) is 0 Å². The van der Waals surface area contributed by atoms with E-state index in [2.05, 4.69) is 10.6 Å². The van der Waals surface area contributed by atoms with Gasteiger partial charge >= 0.3 is 6.03 Å². The maximum atomic E-state index is 11.9. The fraction of sp³-hybridized carbons (Fsp3) is 0.562. The number of carbonyl (C=O) groups is 1. The Hall–Kier alpha value is -1.51. The summed E-state index contributed by atoms with van der Waals surface area (Å²) >= 11 is 5.79. The Balaban J connectivity index is 1.62. The van der Waals surface area contributed by atoms with Gasteiger partial charge in [0.25, 0.3) is 0 Å². The molecule has 1 fully saturated rings. The summed E-state index contributed by atoms with van der Waals surface area (Å²) in [7, 11) is -3.14. The van der Waals surface area contributed by atoms with E-state index in [1.54, 1.807) is 31.2 Å². The number of rotatable bonds is 7. The van der Waals surface area contributed by atoms with Gasteiger partial charge in [-0.1, -0.05) is 11.6 Å². The maximum absolute atomic E-state index is 11.9. The Labute approximate surface area is 153 Å². The van der Waals surface area contributed by atoms with Gasteiger partial charge in [0.2, 0.25) is 10.0 Å². The average Bonchev–Trinajstić information content (AvgIpc) is 2.61. The van der Waals surface area contributed by atoms with Crippen LogP contribution in [0.2, 0.25) is 5.02 Å². The Morgan fingerprint density at radius 3 is 2.52 bits per heavy atom. The molecule has 2 N–H and O–H groups in total. The van der Waals surface area contributed by atoms with Crippen LogP contribution in [0.4, 0.5) is 4.79 Å². The topological polar surface area (TPSA) is 87.7 Å².